The number of aryl methyl sites for hydroxylation is 1. The molecule has 0 aliphatic carbocycles. The molecule has 0 aliphatic heterocycles. The Balaban J connectivity index is 2.15. The van der Waals surface area contributed by atoms with Crippen LogP contribution in [0.4, 0.5) is 17.5 Å². The second kappa shape index (κ2) is 6.23. The molecule has 3 N–H and O–H groups in total. The molecule has 1 atom stereocenters. The Hall–Kier alpha value is -2.30. The second-order valence-electron chi connectivity index (χ2n) is 4.74. The maximum Gasteiger partial charge on any atom is 0.222 e. The van der Waals surface area contributed by atoms with Crippen LogP contribution < -0.4 is 15.8 Å². The highest BCUT2D eigenvalue weighted by molar-refractivity contribution is 5.59. The summed E-state index contributed by atoms with van der Waals surface area (Å²) >= 11 is 0. The molecule has 5 nitrogen and oxygen atoms in total. The van der Waals surface area contributed by atoms with E-state index in [1.165, 1.54) is 0 Å². The Bertz CT molecular complexity index is 566. The molecule has 5 heteroatoms. The van der Waals surface area contributed by atoms with Crippen LogP contribution in [0.5, 0.6) is 5.75 Å². The number of hydrogen-bond donors (Lipinski definition) is 2. The molecule has 0 spiro atoms. The zero-order valence-electron chi connectivity index (χ0n) is 12.1. The monoisotopic (exact) mass is 272 g/mol. The minimum atomic E-state index is 0.196. The molecular weight excluding hydrogens is 252 g/mol. The zero-order chi connectivity index (χ0) is 14.5. The number of nitrogens with two attached hydrogens (primary N) is 1. The number of hydrogen-bond acceptors (Lipinski definition) is 5. The molecule has 0 aliphatic rings. The van der Waals surface area contributed by atoms with Crippen LogP contribution in [0.3, 0.4) is 0 Å². The van der Waals surface area contributed by atoms with Crippen LogP contribution in [0.15, 0.2) is 30.3 Å². The summed E-state index contributed by atoms with van der Waals surface area (Å²) in [6, 6.07) is 9.63. The fourth-order valence-corrected chi connectivity index (χ4v) is 1.77. The molecule has 20 heavy (non-hydrogen) atoms. The van der Waals surface area contributed by atoms with Crippen LogP contribution in [0.25, 0.3) is 0 Å². The molecule has 0 radical (unpaired) electrons. The number of rotatable bonds is 5. The Morgan fingerprint density at radius 2 is 2.10 bits per heavy atom. The van der Waals surface area contributed by atoms with Gasteiger partial charge in [0, 0.05) is 23.5 Å². The summed E-state index contributed by atoms with van der Waals surface area (Å²) in [5.41, 5.74) is 7.37. The van der Waals surface area contributed by atoms with Gasteiger partial charge in [-0.2, -0.15) is 4.98 Å². The van der Waals surface area contributed by atoms with Crippen LogP contribution in [0, 0.1) is 6.92 Å². The molecule has 0 fully saturated rings. The van der Waals surface area contributed by atoms with E-state index in [1.807, 2.05) is 37.3 Å². The van der Waals surface area contributed by atoms with E-state index in [-0.39, 0.29) is 12.1 Å². The van der Waals surface area contributed by atoms with E-state index >= 15 is 0 Å². The molecule has 1 aromatic heterocycles. The molecular formula is C15H20N4O. The second-order valence-corrected chi connectivity index (χ2v) is 4.74. The Kier molecular flexibility index (Phi) is 4.40. The van der Waals surface area contributed by atoms with E-state index in [0.717, 1.165) is 23.6 Å². The maximum absolute atomic E-state index is 5.79. The first-order valence-corrected chi connectivity index (χ1v) is 6.71. The van der Waals surface area contributed by atoms with Crippen molar-refractivity contribution in [3.05, 3.63) is 36.0 Å². The number of nitrogen functional groups attached to an aromatic ring is 1. The minimum absolute atomic E-state index is 0.196. The van der Waals surface area contributed by atoms with E-state index in [1.54, 1.807) is 0 Å². The standard InChI is InChI=1S/C15H20N4O/c1-4-11(3)20-13-7-5-6-12(9-13)18-14-8-10(2)17-15(16)19-14/h5-9,11H,4H2,1-3H3,(H3,16,17,18,19). The number of aromatic nitrogens is 2. The lowest BCUT2D eigenvalue weighted by molar-refractivity contribution is 0.217. The molecule has 0 bridgehead atoms. The summed E-state index contributed by atoms with van der Waals surface area (Å²) in [6.07, 6.45) is 1.17. The van der Waals surface area contributed by atoms with Gasteiger partial charge in [-0.1, -0.05) is 13.0 Å². The van der Waals surface area contributed by atoms with E-state index < -0.39 is 0 Å². The van der Waals surface area contributed by atoms with Gasteiger partial charge in [0.2, 0.25) is 5.95 Å². The third kappa shape index (κ3) is 3.85. The van der Waals surface area contributed by atoms with Crippen LogP contribution >= 0.6 is 0 Å². The largest absolute Gasteiger partial charge is 0.491 e. The minimum Gasteiger partial charge on any atom is -0.491 e. The molecule has 1 heterocycles. The number of anilines is 3. The van der Waals surface area contributed by atoms with Gasteiger partial charge in [0.05, 0.1) is 6.10 Å². The van der Waals surface area contributed by atoms with Gasteiger partial charge >= 0.3 is 0 Å². The highest BCUT2D eigenvalue weighted by Crippen LogP contribution is 2.22. The molecule has 2 rings (SSSR count). The predicted molar refractivity (Wildman–Crippen MR) is 81.3 cm³/mol. The summed E-state index contributed by atoms with van der Waals surface area (Å²) in [7, 11) is 0. The van der Waals surface area contributed by atoms with E-state index in [2.05, 4.69) is 29.1 Å². The molecule has 1 aromatic carbocycles. The van der Waals surface area contributed by atoms with Crippen molar-refractivity contribution in [2.45, 2.75) is 33.3 Å². The van der Waals surface area contributed by atoms with Crippen molar-refractivity contribution in [3.8, 4) is 5.75 Å². The molecule has 1 unspecified atom stereocenters. The van der Waals surface area contributed by atoms with Crippen molar-refractivity contribution in [2.75, 3.05) is 11.1 Å². The number of nitrogens with one attached hydrogen (secondary N) is 1. The van der Waals surface area contributed by atoms with Crippen molar-refractivity contribution in [1.29, 1.82) is 0 Å². The van der Waals surface area contributed by atoms with Crippen molar-refractivity contribution >= 4 is 17.5 Å². The average Bonchev–Trinajstić information content (AvgIpc) is 2.37. The average molecular weight is 272 g/mol. The lowest BCUT2D eigenvalue weighted by Gasteiger charge is -2.14. The lowest BCUT2D eigenvalue weighted by atomic mass is 10.2. The van der Waals surface area contributed by atoms with E-state index in [4.69, 9.17) is 10.5 Å². The smallest absolute Gasteiger partial charge is 0.222 e. The Morgan fingerprint density at radius 1 is 1.30 bits per heavy atom. The van der Waals surface area contributed by atoms with Gasteiger partial charge in [0.15, 0.2) is 0 Å². The molecule has 0 saturated carbocycles. The molecule has 106 valence electrons. The lowest BCUT2D eigenvalue weighted by Crippen LogP contribution is -2.09. The van der Waals surface area contributed by atoms with Gasteiger partial charge in [-0.25, -0.2) is 4.98 Å². The molecule has 2 aromatic rings. The molecule has 0 saturated heterocycles. The van der Waals surface area contributed by atoms with Gasteiger partial charge in [0.25, 0.3) is 0 Å². The highest BCUT2D eigenvalue weighted by Gasteiger charge is 2.04. The van der Waals surface area contributed by atoms with Gasteiger partial charge in [-0.05, 0) is 32.4 Å². The maximum atomic E-state index is 5.79. The highest BCUT2D eigenvalue weighted by atomic mass is 16.5. The van der Waals surface area contributed by atoms with Crippen molar-refractivity contribution in [1.82, 2.24) is 9.97 Å². The number of benzene rings is 1. The zero-order valence-corrected chi connectivity index (χ0v) is 12.1. The molecule has 0 amide bonds. The fraction of sp³-hybridized carbons (Fsp3) is 0.333. The summed E-state index contributed by atoms with van der Waals surface area (Å²) in [4.78, 5) is 8.20. The summed E-state index contributed by atoms with van der Waals surface area (Å²) in [5.74, 6) is 1.78. The quantitative estimate of drug-likeness (QED) is 0.873. The van der Waals surface area contributed by atoms with Gasteiger partial charge in [-0.15, -0.1) is 0 Å². The summed E-state index contributed by atoms with van der Waals surface area (Å²) in [5, 5.41) is 3.21. The Morgan fingerprint density at radius 3 is 2.80 bits per heavy atom. The van der Waals surface area contributed by atoms with Crippen molar-refractivity contribution < 1.29 is 4.74 Å². The van der Waals surface area contributed by atoms with E-state index in [0.29, 0.717) is 5.82 Å². The van der Waals surface area contributed by atoms with E-state index in [9.17, 15) is 0 Å². The topological polar surface area (TPSA) is 73.1 Å². The predicted octanol–water partition coefficient (Wildman–Crippen LogP) is 3.29. The summed E-state index contributed by atoms with van der Waals surface area (Å²) < 4.78 is 5.79. The first-order valence-electron chi connectivity index (χ1n) is 6.71. The van der Waals surface area contributed by atoms with Crippen LogP contribution in [-0.4, -0.2) is 16.1 Å². The third-order valence-corrected chi connectivity index (χ3v) is 2.89. The van der Waals surface area contributed by atoms with Crippen molar-refractivity contribution in [2.24, 2.45) is 0 Å². The normalized spacial score (nSPS) is 11.9. The SMILES string of the molecule is CCC(C)Oc1cccc(Nc2cc(C)nc(N)n2)c1. The number of nitrogens with zero attached hydrogens (tertiary/aromatic N) is 2. The van der Waals surface area contributed by atoms with Gasteiger partial charge < -0.3 is 15.8 Å². The Labute approximate surface area is 119 Å². The van der Waals surface area contributed by atoms with Crippen molar-refractivity contribution in [3.63, 3.8) is 0 Å². The van der Waals surface area contributed by atoms with Crippen LogP contribution in [-0.2, 0) is 0 Å². The summed E-state index contributed by atoms with van der Waals surface area (Å²) in [6.45, 7) is 6.03. The van der Waals surface area contributed by atoms with Crippen LogP contribution in [0.2, 0.25) is 0 Å². The van der Waals surface area contributed by atoms with Crippen LogP contribution in [0.1, 0.15) is 26.0 Å². The third-order valence-electron chi connectivity index (χ3n) is 2.89. The number of ether oxygens (including phenoxy) is 1. The first kappa shape index (κ1) is 14.1. The first-order chi connectivity index (χ1) is 9.56. The van der Waals surface area contributed by atoms with Gasteiger partial charge in [-0.3, -0.25) is 0 Å². The van der Waals surface area contributed by atoms with Gasteiger partial charge in [0.1, 0.15) is 11.6 Å². The fourth-order valence-electron chi connectivity index (χ4n) is 1.77.